The van der Waals surface area contributed by atoms with E-state index in [1.807, 2.05) is 18.2 Å². The molecule has 0 radical (unpaired) electrons. The van der Waals surface area contributed by atoms with E-state index in [2.05, 4.69) is 31.4 Å². The number of aryl methyl sites for hydroxylation is 1. The molecule has 2 aromatic rings. The first-order valence-corrected chi connectivity index (χ1v) is 6.76. The van der Waals surface area contributed by atoms with Crippen LogP contribution in [0.1, 0.15) is 17.3 Å². The second-order valence-corrected chi connectivity index (χ2v) is 5.22. The minimum atomic E-state index is 0.597. The molecule has 0 bridgehead atoms. The Labute approximate surface area is 119 Å². The van der Waals surface area contributed by atoms with Crippen LogP contribution in [0.5, 0.6) is 0 Å². The van der Waals surface area contributed by atoms with Crippen LogP contribution in [-0.4, -0.2) is 16.7 Å². The van der Waals surface area contributed by atoms with E-state index < -0.39 is 0 Å². The van der Waals surface area contributed by atoms with Gasteiger partial charge >= 0.3 is 0 Å². The highest BCUT2D eigenvalue weighted by Gasteiger charge is 2.03. The molecular weight excluding hydrogens is 318 g/mol. The molecule has 1 heterocycles. The number of nitrogens with zero attached hydrogens (tertiary/aromatic N) is 2. The Bertz CT molecular complexity index is 530. The molecule has 4 nitrogen and oxygen atoms in total. The average Bonchev–Trinajstić information content (AvgIpc) is 2.75. The summed E-state index contributed by atoms with van der Waals surface area (Å²) in [4.78, 5) is 4.14. The van der Waals surface area contributed by atoms with E-state index in [9.17, 15) is 0 Å². The van der Waals surface area contributed by atoms with Crippen molar-refractivity contribution in [1.82, 2.24) is 15.5 Å². The molecule has 0 fully saturated rings. The largest absolute Gasteiger partial charge is 0.340 e. The highest BCUT2D eigenvalue weighted by molar-refractivity contribution is 9.10. The second-order valence-electron chi connectivity index (χ2n) is 3.89. The monoisotopic (exact) mass is 329 g/mol. The number of hydrogen-bond donors (Lipinski definition) is 1. The molecule has 1 aromatic heterocycles. The predicted molar refractivity (Wildman–Crippen MR) is 73.6 cm³/mol. The van der Waals surface area contributed by atoms with E-state index >= 15 is 0 Å². The summed E-state index contributed by atoms with van der Waals surface area (Å²) in [6.07, 6.45) is 0.739. The molecule has 2 rings (SSSR count). The van der Waals surface area contributed by atoms with Crippen molar-refractivity contribution in [3.8, 4) is 0 Å². The standard InChI is InChI=1S/C12H13BrClN3O/c1-8-16-12(17-18-8)4-5-15-7-9-6-10(13)2-3-11(9)14/h2-3,6,15H,4-5,7H2,1H3. The molecule has 0 aliphatic rings. The summed E-state index contributed by atoms with van der Waals surface area (Å²) in [5.41, 5.74) is 1.07. The lowest BCUT2D eigenvalue weighted by Crippen LogP contribution is -2.17. The fourth-order valence-electron chi connectivity index (χ4n) is 1.54. The third-order valence-corrected chi connectivity index (χ3v) is 3.28. The highest BCUT2D eigenvalue weighted by Crippen LogP contribution is 2.20. The van der Waals surface area contributed by atoms with Crippen LogP contribution < -0.4 is 5.32 Å². The lowest BCUT2D eigenvalue weighted by Gasteiger charge is -2.06. The van der Waals surface area contributed by atoms with Crippen molar-refractivity contribution in [2.75, 3.05) is 6.54 Å². The van der Waals surface area contributed by atoms with Crippen molar-refractivity contribution in [2.24, 2.45) is 0 Å². The molecule has 0 amide bonds. The van der Waals surface area contributed by atoms with Crippen LogP contribution in [0, 0.1) is 6.92 Å². The molecular formula is C12H13BrClN3O. The van der Waals surface area contributed by atoms with E-state index in [4.69, 9.17) is 16.1 Å². The molecule has 0 aliphatic heterocycles. The van der Waals surface area contributed by atoms with Gasteiger partial charge in [0.25, 0.3) is 0 Å². The molecule has 0 saturated carbocycles. The Morgan fingerprint density at radius 1 is 1.44 bits per heavy atom. The van der Waals surface area contributed by atoms with Crippen LogP contribution in [0.15, 0.2) is 27.2 Å². The van der Waals surface area contributed by atoms with E-state index in [0.717, 1.165) is 40.4 Å². The maximum absolute atomic E-state index is 6.09. The van der Waals surface area contributed by atoms with Crippen molar-refractivity contribution in [3.63, 3.8) is 0 Å². The minimum Gasteiger partial charge on any atom is -0.340 e. The Morgan fingerprint density at radius 3 is 3.00 bits per heavy atom. The van der Waals surface area contributed by atoms with Crippen LogP contribution in [0.2, 0.25) is 5.02 Å². The lowest BCUT2D eigenvalue weighted by molar-refractivity contribution is 0.387. The number of nitrogens with one attached hydrogen (secondary N) is 1. The van der Waals surface area contributed by atoms with E-state index in [1.165, 1.54) is 0 Å². The van der Waals surface area contributed by atoms with E-state index in [1.54, 1.807) is 6.92 Å². The van der Waals surface area contributed by atoms with Crippen LogP contribution in [0.4, 0.5) is 0 Å². The van der Waals surface area contributed by atoms with Crippen molar-refractivity contribution >= 4 is 27.5 Å². The first kappa shape index (κ1) is 13.5. The third-order valence-electron chi connectivity index (χ3n) is 2.42. The molecule has 0 spiro atoms. The fourth-order valence-corrected chi connectivity index (χ4v) is 2.14. The zero-order chi connectivity index (χ0) is 13.0. The van der Waals surface area contributed by atoms with Crippen molar-refractivity contribution in [1.29, 1.82) is 0 Å². The Kier molecular flexibility index (Phi) is 4.74. The van der Waals surface area contributed by atoms with Gasteiger partial charge in [0.05, 0.1) is 0 Å². The quantitative estimate of drug-likeness (QED) is 0.856. The number of benzene rings is 1. The van der Waals surface area contributed by atoms with Crippen molar-refractivity contribution in [2.45, 2.75) is 19.9 Å². The van der Waals surface area contributed by atoms with Gasteiger partial charge in [0, 0.05) is 35.9 Å². The SMILES string of the molecule is Cc1nc(CCNCc2cc(Br)ccc2Cl)no1. The van der Waals surface area contributed by atoms with Gasteiger partial charge in [0.15, 0.2) is 5.82 Å². The molecule has 18 heavy (non-hydrogen) atoms. The Morgan fingerprint density at radius 2 is 2.28 bits per heavy atom. The average molecular weight is 331 g/mol. The van der Waals surface area contributed by atoms with Gasteiger partial charge in [-0.3, -0.25) is 0 Å². The maximum Gasteiger partial charge on any atom is 0.223 e. The van der Waals surface area contributed by atoms with Gasteiger partial charge in [-0.25, -0.2) is 0 Å². The zero-order valence-corrected chi connectivity index (χ0v) is 12.3. The number of aromatic nitrogens is 2. The highest BCUT2D eigenvalue weighted by atomic mass is 79.9. The number of halogens is 2. The van der Waals surface area contributed by atoms with Crippen LogP contribution in [0.25, 0.3) is 0 Å². The van der Waals surface area contributed by atoms with Gasteiger partial charge in [0.2, 0.25) is 5.89 Å². The van der Waals surface area contributed by atoms with Gasteiger partial charge in [-0.1, -0.05) is 32.7 Å². The van der Waals surface area contributed by atoms with Crippen LogP contribution in [0.3, 0.4) is 0 Å². The molecule has 0 aliphatic carbocycles. The first-order valence-electron chi connectivity index (χ1n) is 5.59. The summed E-state index contributed by atoms with van der Waals surface area (Å²) in [6.45, 7) is 3.28. The molecule has 96 valence electrons. The molecule has 1 aromatic carbocycles. The summed E-state index contributed by atoms with van der Waals surface area (Å²) < 4.78 is 5.92. The molecule has 0 atom stereocenters. The van der Waals surface area contributed by atoms with Gasteiger partial charge in [-0.05, 0) is 23.8 Å². The summed E-state index contributed by atoms with van der Waals surface area (Å²) in [5.74, 6) is 1.32. The van der Waals surface area contributed by atoms with Gasteiger partial charge in [-0.15, -0.1) is 0 Å². The first-order chi connectivity index (χ1) is 8.65. The second kappa shape index (κ2) is 6.31. The van der Waals surface area contributed by atoms with Crippen molar-refractivity contribution in [3.05, 3.63) is 45.0 Å². The summed E-state index contributed by atoms with van der Waals surface area (Å²) in [7, 11) is 0. The fraction of sp³-hybridized carbons (Fsp3) is 0.333. The van der Waals surface area contributed by atoms with Crippen LogP contribution in [-0.2, 0) is 13.0 Å². The molecule has 6 heteroatoms. The predicted octanol–water partition coefficient (Wildman–Crippen LogP) is 3.13. The van der Waals surface area contributed by atoms with E-state index in [-0.39, 0.29) is 0 Å². The molecule has 0 saturated heterocycles. The summed E-state index contributed by atoms with van der Waals surface area (Å²) >= 11 is 9.52. The topological polar surface area (TPSA) is 51.0 Å². The third kappa shape index (κ3) is 3.80. The van der Waals surface area contributed by atoms with E-state index in [0.29, 0.717) is 5.89 Å². The lowest BCUT2D eigenvalue weighted by atomic mass is 10.2. The van der Waals surface area contributed by atoms with Gasteiger partial charge < -0.3 is 9.84 Å². The number of hydrogen-bond acceptors (Lipinski definition) is 4. The van der Waals surface area contributed by atoms with Gasteiger partial charge in [0.1, 0.15) is 0 Å². The van der Waals surface area contributed by atoms with Crippen LogP contribution >= 0.6 is 27.5 Å². The normalized spacial score (nSPS) is 10.8. The number of rotatable bonds is 5. The van der Waals surface area contributed by atoms with Crippen molar-refractivity contribution < 1.29 is 4.52 Å². The molecule has 1 N–H and O–H groups in total. The smallest absolute Gasteiger partial charge is 0.223 e. The Balaban J connectivity index is 1.80. The van der Waals surface area contributed by atoms with Gasteiger partial charge in [-0.2, -0.15) is 4.98 Å². The minimum absolute atomic E-state index is 0.597. The zero-order valence-electron chi connectivity index (χ0n) is 9.91. The summed E-state index contributed by atoms with van der Waals surface area (Å²) in [5, 5.41) is 7.90. The maximum atomic E-state index is 6.09. The summed E-state index contributed by atoms with van der Waals surface area (Å²) in [6, 6.07) is 5.81. The Hall–Kier alpha value is -0.910. The molecule has 0 unspecified atom stereocenters.